The predicted octanol–water partition coefficient (Wildman–Crippen LogP) is 0.0360. The lowest BCUT2D eigenvalue weighted by atomic mass is 10.2. The molecule has 1 heterocycles. The number of amides is 2. The first-order valence-corrected chi connectivity index (χ1v) is 8.22. The average molecular weight is 311 g/mol. The molecule has 1 aliphatic heterocycles. The Morgan fingerprint density at radius 3 is 2.48 bits per heavy atom. The van der Waals surface area contributed by atoms with Crippen LogP contribution in [-0.4, -0.2) is 38.2 Å². The number of carbonyl (C=O) groups is 2. The number of nitrogens with one attached hydrogen (secondary N) is 1. The van der Waals surface area contributed by atoms with Gasteiger partial charge in [0.05, 0.1) is 12.3 Å². The maximum Gasteiger partial charge on any atom is 0.243 e. The maximum absolute atomic E-state index is 11.8. The van der Waals surface area contributed by atoms with Crippen molar-refractivity contribution < 1.29 is 18.0 Å². The number of anilines is 1. The molecule has 1 fully saturated rings. The minimum absolute atomic E-state index is 0.00588. The predicted molar refractivity (Wildman–Crippen MR) is 77.7 cm³/mol. The highest BCUT2D eigenvalue weighted by Crippen LogP contribution is 2.13. The molecule has 0 spiro atoms. The summed E-state index contributed by atoms with van der Waals surface area (Å²) in [6.07, 6.45) is 1.28. The monoisotopic (exact) mass is 311 g/mol. The Morgan fingerprint density at radius 2 is 1.95 bits per heavy atom. The Kier molecular flexibility index (Phi) is 4.59. The molecule has 3 N–H and O–H groups in total. The van der Waals surface area contributed by atoms with Crippen molar-refractivity contribution in [1.29, 1.82) is 0 Å². The lowest BCUT2D eigenvalue weighted by Gasteiger charge is -2.15. The summed E-state index contributed by atoms with van der Waals surface area (Å²) >= 11 is 0. The lowest BCUT2D eigenvalue weighted by molar-refractivity contribution is -0.131. The molecule has 2 amide bonds. The van der Waals surface area contributed by atoms with E-state index in [0.717, 1.165) is 6.42 Å². The summed E-state index contributed by atoms with van der Waals surface area (Å²) in [6, 6.07) is 6.37. The van der Waals surface area contributed by atoms with Crippen molar-refractivity contribution in [3.63, 3.8) is 0 Å². The molecular weight excluding hydrogens is 294 g/mol. The number of hydrogen-bond donors (Lipinski definition) is 2. The van der Waals surface area contributed by atoms with E-state index in [2.05, 4.69) is 5.32 Å². The summed E-state index contributed by atoms with van der Waals surface area (Å²) in [5.74, 6) is -0.526. The number of benzene rings is 1. The van der Waals surface area contributed by atoms with E-state index in [4.69, 9.17) is 5.14 Å². The molecule has 2 rings (SSSR count). The van der Waals surface area contributed by atoms with Gasteiger partial charge in [-0.1, -0.05) is 12.1 Å². The van der Waals surface area contributed by atoms with E-state index in [1.54, 1.807) is 24.3 Å². The summed E-state index contributed by atoms with van der Waals surface area (Å²) in [6.45, 7) is 0.650. The standard InChI is InChI=1S/C13H17N3O4S/c14-21(19,20)9-10-3-5-11(6-4-10)15-12(17)8-16-7-1-2-13(16)18/h3-6H,1-2,7-9H2,(H,15,17)(H2,14,19,20). The van der Waals surface area contributed by atoms with Crippen molar-refractivity contribution in [2.45, 2.75) is 18.6 Å². The van der Waals surface area contributed by atoms with Gasteiger partial charge in [-0.2, -0.15) is 0 Å². The molecule has 1 aromatic rings. The Labute approximate surface area is 123 Å². The molecule has 0 saturated carbocycles. The Bertz CT molecular complexity index is 640. The molecule has 8 heteroatoms. The van der Waals surface area contributed by atoms with Gasteiger partial charge in [0.2, 0.25) is 21.8 Å². The van der Waals surface area contributed by atoms with Crippen LogP contribution in [0.15, 0.2) is 24.3 Å². The molecule has 0 bridgehead atoms. The first kappa shape index (κ1) is 15.5. The van der Waals surface area contributed by atoms with Crippen LogP contribution in [0, 0.1) is 0 Å². The molecule has 21 heavy (non-hydrogen) atoms. The van der Waals surface area contributed by atoms with E-state index in [0.29, 0.717) is 24.2 Å². The Hall–Kier alpha value is -1.93. The zero-order chi connectivity index (χ0) is 15.5. The molecule has 7 nitrogen and oxygen atoms in total. The topological polar surface area (TPSA) is 110 Å². The van der Waals surface area contributed by atoms with Crippen LogP contribution in [0.5, 0.6) is 0 Å². The maximum atomic E-state index is 11.8. The molecule has 114 valence electrons. The lowest BCUT2D eigenvalue weighted by Crippen LogP contribution is -2.33. The van der Waals surface area contributed by atoms with Gasteiger partial charge in [-0.15, -0.1) is 0 Å². The van der Waals surface area contributed by atoms with Crippen LogP contribution in [0.1, 0.15) is 18.4 Å². The van der Waals surface area contributed by atoms with Crippen LogP contribution in [-0.2, 0) is 25.4 Å². The quantitative estimate of drug-likeness (QED) is 0.799. The van der Waals surface area contributed by atoms with Crippen LogP contribution in [0.2, 0.25) is 0 Å². The number of primary sulfonamides is 1. The van der Waals surface area contributed by atoms with Gasteiger partial charge in [0.1, 0.15) is 0 Å². The van der Waals surface area contributed by atoms with Gasteiger partial charge in [0, 0.05) is 18.7 Å². The van der Waals surface area contributed by atoms with Gasteiger partial charge in [0.15, 0.2) is 0 Å². The highest BCUT2D eigenvalue weighted by Gasteiger charge is 2.22. The van der Waals surface area contributed by atoms with E-state index in [1.165, 1.54) is 4.90 Å². The minimum Gasteiger partial charge on any atom is -0.333 e. The van der Waals surface area contributed by atoms with Crippen molar-refractivity contribution in [2.24, 2.45) is 5.14 Å². The summed E-state index contributed by atoms with van der Waals surface area (Å²) in [7, 11) is -3.57. The van der Waals surface area contributed by atoms with Crippen LogP contribution in [0.25, 0.3) is 0 Å². The smallest absolute Gasteiger partial charge is 0.243 e. The number of nitrogens with zero attached hydrogens (tertiary/aromatic N) is 1. The van der Waals surface area contributed by atoms with Crippen LogP contribution in [0.3, 0.4) is 0 Å². The third kappa shape index (κ3) is 4.83. The van der Waals surface area contributed by atoms with E-state index in [1.807, 2.05) is 0 Å². The first-order chi connectivity index (χ1) is 9.83. The zero-order valence-corrected chi connectivity index (χ0v) is 12.2. The number of likely N-dealkylation sites (tertiary alicyclic amines) is 1. The van der Waals surface area contributed by atoms with Gasteiger partial charge < -0.3 is 10.2 Å². The fourth-order valence-electron chi connectivity index (χ4n) is 2.16. The molecule has 0 aliphatic carbocycles. The van der Waals surface area contributed by atoms with Gasteiger partial charge in [-0.25, -0.2) is 13.6 Å². The van der Waals surface area contributed by atoms with Crippen molar-refractivity contribution in [2.75, 3.05) is 18.4 Å². The third-order valence-corrected chi connectivity index (χ3v) is 3.85. The normalized spacial score (nSPS) is 15.3. The highest BCUT2D eigenvalue weighted by atomic mass is 32.2. The number of carbonyl (C=O) groups excluding carboxylic acids is 2. The molecule has 0 radical (unpaired) electrons. The van der Waals surface area contributed by atoms with Crippen molar-refractivity contribution >= 4 is 27.5 Å². The Balaban J connectivity index is 1.90. The fourth-order valence-corrected chi connectivity index (χ4v) is 2.82. The van der Waals surface area contributed by atoms with E-state index in [-0.39, 0.29) is 24.1 Å². The summed E-state index contributed by atoms with van der Waals surface area (Å²) in [5, 5.41) is 7.62. The van der Waals surface area contributed by atoms with E-state index < -0.39 is 10.0 Å². The third-order valence-electron chi connectivity index (χ3n) is 3.11. The average Bonchev–Trinajstić information content (AvgIpc) is 2.76. The first-order valence-electron chi connectivity index (χ1n) is 6.50. The molecule has 1 aliphatic rings. The van der Waals surface area contributed by atoms with Gasteiger partial charge in [-0.05, 0) is 24.1 Å². The molecule has 0 atom stereocenters. The largest absolute Gasteiger partial charge is 0.333 e. The second-order valence-electron chi connectivity index (χ2n) is 4.97. The van der Waals surface area contributed by atoms with E-state index in [9.17, 15) is 18.0 Å². The van der Waals surface area contributed by atoms with Crippen molar-refractivity contribution in [3.8, 4) is 0 Å². The molecule has 0 aromatic heterocycles. The number of nitrogens with two attached hydrogens (primary N) is 1. The van der Waals surface area contributed by atoms with Gasteiger partial charge >= 0.3 is 0 Å². The van der Waals surface area contributed by atoms with Crippen LogP contribution < -0.4 is 10.5 Å². The zero-order valence-electron chi connectivity index (χ0n) is 11.4. The molecule has 1 saturated heterocycles. The SMILES string of the molecule is NS(=O)(=O)Cc1ccc(NC(=O)CN2CCCC2=O)cc1. The van der Waals surface area contributed by atoms with Crippen LogP contribution in [0.4, 0.5) is 5.69 Å². The second kappa shape index (κ2) is 6.23. The summed E-state index contributed by atoms with van der Waals surface area (Å²) in [5.41, 5.74) is 1.09. The number of hydrogen-bond acceptors (Lipinski definition) is 4. The summed E-state index contributed by atoms with van der Waals surface area (Å²) in [4.78, 5) is 24.7. The fraction of sp³-hybridized carbons (Fsp3) is 0.385. The Morgan fingerprint density at radius 1 is 1.29 bits per heavy atom. The second-order valence-corrected chi connectivity index (χ2v) is 6.59. The van der Waals surface area contributed by atoms with Crippen molar-refractivity contribution in [1.82, 2.24) is 4.90 Å². The highest BCUT2D eigenvalue weighted by molar-refractivity contribution is 7.88. The molecule has 0 unspecified atom stereocenters. The van der Waals surface area contributed by atoms with E-state index >= 15 is 0 Å². The number of sulfonamides is 1. The minimum atomic E-state index is -3.57. The summed E-state index contributed by atoms with van der Waals surface area (Å²) < 4.78 is 21.9. The molecule has 1 aromatic carbocycles. The van der Waals surface area contributed by atoms with Gasteiger partial charge in [-0.3, -0.25) is 9.59 Å². The van der Waals surface area contributed by atoms with Gasteiger partial charge in [0.25, 0.3) is 0 Å². The number of rotatable bonds is 5. The molecular formula is C13H17N3O4S. The van der Waals surface area contributed by atoms with Crippen molar-refractivity contribution in [3.05, 3.63) is 29.8 Å². The van der Waals surface area contributed by atoms with Crippen LogP contribution >= 0.6 is 0 Å².